The first-order valence-electron chi connectivity index (χ1n) is 10.7. The second-order valence-corrected chi connectivity index (χ2v) is 9.39. The number of nitrogens with one attached hydrogen (secondary N) is 1. The molecule has 0 unspecified atom stereocenters. The molecule has 0 spiro atoms. The van der Waals surface area contributed by atoms with E-state index in [1.54, 1.807) is 11.1 Å². The number of likely N-dealkylation sites (tertiary alicyclic amines) is 1. The molecule has 29 heavy (non-hydrogen) atoms. The van der Waals surface area contributed by atoms with Crippen LogP contribution >= 0.6 is 0 Å². The zero-order valence-corrected chi connectivity index (χ0v) is 17.6. The van der Waals surface area contributed by atoms with Crippen LogP contribution in [0, 0.1) is 5.92 Å². The van der Waals surface area contributed by atoms with Crippen LogP contribution in [0.15, 0.2) is 11.0 Å². The lowest BCUT2D eigenvalue weighted by atomic mass is 10.0. The van der Waals surface area contributed by atoms with Gasteiger partial charge in [-0.05, 0) is 39.5 Å². The Kier molecular flexibility index (Phi) is 5.36. The summed E-state index contributed by atoms with van der Waals surface area (Å²) in [6, 6.07) is 0.125. The van der Waals surface area contributed by atoms with Crippen molar-refractivity contribution in [2.24, 2.45) is 5.92 Å². The highest BCUT2D eigenvalue weighted by molar-refractivity contribution is 5.73. The molecule has 0 radical (unpaired) electrons. The maximum atomic E-state index is 12.5. The first-order chi connectivity index (χ1) is 13.8. The number of fused-ring (bicyclic) bond motifs is 1. The molecule has 0 aromatic carbocycles. The van der Waals surface area contributed by atoms with E-state index in [4.69, 9.17) is 9.72 Å². The molecule has 1 saturated heterocycles. The summed E-state index contributed by atoms with van der Waals surface area (Å²) in [6.45, 7) is 6.85. The number of ether oxygens (including phenoxy) is 1. The molecule has 3 heterocycles. The summed E-state index contributed by atoms with van der Waals surface area (Å²) in [4.78, 5) is 34.3. The maximum Gasteiger partial charge on any atom is 0.410 e. The maximum absolute atomic E-state index is 12.5. The summed E-state index contributed by atoms with van der Waals surface area (Å²) in [6.07, 6.45) is 8.67. The first-order valence-corrected chi connectivity index (χ1v) is 10.7. The fourth-order valence-electron chi connectivity index (χ4n) is 4.45. The average Bonchev–Trinajstić information content (AvgIpc) is 3.30. The third-order valence-electron chi connectivity index (χ3n) is 5.93. The summed E-state index contributed by atoms with van der Waals surface area (Å²) in [7, 11) is 0. The van der Waals surface area contributed by atoms with Crippen molar-refractivity contribution >= 4 is 17.1 Å². The van der Waals surface area contributed by atoms with Gasteiger partial charge in [-0.15, -0.1) is 0 Å². The second kappa shape index (κ2) is 7.80. The lowest BCUT2D eigenvalue weighted by molar-refractivity contribution is 0.0186. The van der Waals surface area contributed by atoms with Gasteiger partial charge in [0.2, 0.25) is 0 Å². The van der Waals surface area contributed by atoms with Crippen LogP contribution in [0.4, 0.5) is 4.79 Å². The standard InChI is InChI=1S/C21H31N5O3/c1-21(2,3)29-20(28)25-10-8-15(9-11-25)26-18-16(13-22-26)19(27)24-17(23-18)12-14-6-4-5-7-14/h13-15H,4-12H2,1-3H3,(H,23,24,27). The minimum absolute atomic E-state index is 0.111. The number of aromatic nitrogens is 4. The molecule has 8 nitrogen and oxygen atoms in total. The van der Waals surface area contributed by atoms with Crippen LogP contribution in [0.5, 0.6) is 0 Å². The Morgan fingerprint density at radius 1 is 1.21 bits per heavy atom. The SMILES string of the molecule is CC(C)(C)OC(=O)N1CCC(n2ncc3c(=O)[nH]c(CC4CCCC4)nc32)CC1. The number of rotatable bonds is 3. The van der Waals surface area contributed by atoms with Gasteiger partial charge in [-0.3, -0.25) is 4.79 Å². The van der Waals surface area contributed by atoms with Gasteiger partial charge in [-0.2, -0.15) is 5.10 Å². The van der Waals surface area contributed by atoms with E-state index in [1.807, 2.05) is 25.5 Å². The van der Waals surface area contributed by atoms with E-state index < -0.39 is 5.60 Å². The third kappa shape index (κ3) is 4.46. The Bertz CT molecular complexity index is 928. The van der Waals surface area contributed by atoms with Crippen molar-refractivity contribution in [3.8, 4) is 0 Å². The molecule has 1 aliphatic carbocycles. The number of amides is 1. The molecule has 1 saturated carbocycles. The summed E-state index contributed by atoms with van der Waals surface area (Å²) >= 11 is 0. The lowest BCUT2D eigenvalue weighted by Gasteiger charge is -2.33. The fraction of sp³-hybridized carbons (Fsp3) is 0.714. The van der Waals surface area contributed by atoms with Crippen molar-refractivity contribution in [3.05, 3.63) is 22.4 Å². The summed E-state index contributed by atoms with van der Waals surface area (Å²) in [5.41, 5.74) is 0.0603. The summed E-state index contributed by atoms with van der Waals surface area (Å²) in [5, 5.41) is 5.02. The number of nitrogens with zero attached hydrogens (tertiary/aromatic N) is 4. The first kappa shape index (κ1) is 19.9. The minimum atomic E-state index is -0.493. The van der Waals surface area contributed by atoms with Crippen LogP contribution in [-0.2, 0) is 11.2 Å². The van der Waals surface area contributed by atoms with Gasteiger partial charge in [0.15, 0.2) is 5.65 Å². The molecule has 1 N–H and O–H groups in total. The Balaban J connectivity index is 1.49. The minimum Gasteiger partial charge on any atom is -0.444 e. The highest BCUT2D eigenvalue weighted by atomic mass is 16.6. The van der Waals surface area contributed by atoms with E-state index in [0.29, 0.717) is 30.0 Å². The smallest absolute Gasteiger partial charge is 0.410 e. The van der Waals surface area contributed by atoms with Crippen LogP contribution in [0.25, 0.3) is 11.0 Å². The molecule has 2 aromatic rings. The third-order valence-corrected chi connectivity index (χ3v) is 5.93. The average molecular weight is 402 g/mol. The van der Waals surface area contributed by atoms with Gasteiger partial charge in [0.25, 0.3) is 5.56 Å². The van der Waals surface area contributed by atoms with E-state index in [9.17, 15) is 9.59 Å². The molecule has 4 rings (SSSR count). The van der Waals surface area contributed by atoms with E-state index >= 15 is 0 Å². The quantitative estimate of drug-likeness (QED) is 0.850. The monoisotopic (exact) mass is 401 g/mol. The van der Waals surface area contributed by atoms with Crippen molar-refractivity contribution in [2.45, 2.75) is 77.4 Å². The summed E-state index contributed by atoms with van der Waals surface area (Å²) in [5.74, 6) is 1.38. The van der Waals surface area contributed by atoms with E-state index in [1.165, 1.54) is 25.7 Å². The largest absolute Gasteiger partial charge is 0.444 e. The molecule has 0 atom stereocenters. The molecule has 1 aliphatic heterocycles. The molecular weight excluding hydrogens is 370 g/mol. The Labute approximate surface area is 170 Å². The van der Waals surface area contributed by atoms with Gasteiger partial charge in [-0.25, -0.2) is 14.5 Å². The van der Waals surface area contributed by atoms with Crippen molar-refractivity contribution < 1.29 is 9.53 Å². The fourth-order valence-corrected chi connectivity index (χ4v) is 4.45. The second-order valence-electron chi connectivity index (χ2n) is 9.39. The molecule has 2 aromatic heterocycles. The highest BCUT2D eigenvalue weighted by Crippen LogP contribution is 2.28. The molecule has 1 amide bonds. The Morgan fingerprint density at radius 2 is 1.90 bits per heavy atom. The number of carbonyl (C=O) groups excluding carboxylic acids is 1. The molecule has 2 fully saturated rings. The van der Waals surface area contributed by atoms with E-state index in [2.05, 4.69) is 10.1 Å². The van der Waals surface area contributed by atoms with Crippen LogP contribution in [-0.4, -0.2) is 49.4 Å². The van der Waals surface area contributed by atoms with E-state index in [-0.39, 0.29) is 17.7 Å². The van der Waals surface area contributed by atoms with Crippen molar-refractivity contribution in [1.29, 1.82) is 0 Å². The van der Waals surface area contributed by atoms with Crippen molar-refractivity contribution in [1.82, 2.24) is 24.6 Å². The Hall–Kier alpha value is -2.38. The van der Waals surface area contributed by atoms with Crippen LogP contribution in [0.3, 0.4) is 0 Å². The molecule has 0 bridgehead atoms. The summed E-state index contributed by atoms with van der Waals surface area (Å²) < 4.78 is 7.36. The van der Waals surface area contributed by atoms with Gasteiger partial charge in [0.1, 0.15) is 16.8 Å². The molecule has 2 aliphatic rings. The van der Waals surface area contributed by atoms with Gasteiger partial charge in [0, 0.05) is 19.5 Å². The normalized spacial score (nSPS) is 19.2. The highest BCUT2D eigenvalue weighted by Gasteiger charge is 2.29. The predicted octanol–water partition coefficient (Wildman–Crippen LogP) is 3.42. The number of hydrogen-bond acceptors (Lipinski definition) is 5. The van der Waals surface area contributed by atoms with Gasteiger partial charge < -0.3 is 14.6 Å². The Morgan fingerprint density at radius 3 is 2.55 bits per heavy atom. The zero-order chi connectivity index (χ0) is 20.6. The van der Waals surface area contributed by atoms with Gasteiger partial charge >= 0.3 is 6.09 Å². The van der Waals surface area contributed by atoms with Crippen LogP contribution in [0.2, 0.25) is 0 Å². The lowest BCUT2D eigenvalue weighted by Crippen LogP contribution is -2.42. The molecule has 158 valence electrons. The van der Waals surface area contributed by atoms with Crippen molar-refractivity contribution in [2.75, 3.05) is 13.1 Å². The number of aromatic amines is 1. The van der Waals surface area contributed by atoms with Crippen LogP contribution in [0.1, 0.15) is 71.2 Å². The number of carbonyl (C=O) groups is 1. The van der Waals surface area contributed by atoms with Crippen molar-refractivity contribution in [3.63, 3.8) is 0 Å². The molecule has 8 heteroatoms. The zero-order valence-electron chi connectivity index (χ0n) is 17.6. The predicted molar refractivity (Wildman–Crippen MR) is 110 cm³/mol. The number of piperidine rings is 1. The number of H-pyrrole nitrogens is 1. The van der Waals surface area contributed by atoms with Gasteiger partial charge in [0.05, 0.1) is 12.2 Å². The van der Waals surface area contributed by atoms with Gasteiger partial charge in [-0.1, -0.05) is 25.7 Å². The van der Waals surface area contributed by atoms with E-state index in [0.717, 1.165) is 25.1 Å². The number of hydrogen-bond donors (Lipinski definition) is 1. The topological polar surface area (TPSA) is 93.1 Å². The molecular formula is C21H31N5O3. The van der Waals surface area contributed by atoms with Crippen LogP contribution < -0.4 is 5.56 Å².